The molecule has 0 fully saturated rings. The summed E-state index contributed by atoms with van der Waals surface area (Å²) < 4.78 is 58.9. The number of alkyl halides is 3. The first kappa shape index (κ1) is 16.9. The molecule has 0 aliphatic heterocycles. The molecule has 0 spiro atoms. The van der Waals surface area contributed by atoms with Gasteiger partial charge < -0.3 is 4.55 Å². The van der Waals surface area contributed by atoms with Crippen LogP contribution in [0.15, 0.2) is 0 Å². The van der Waals surface area contributed by atoms with Gasteiger partial charge in [0.1, 0.15) is 0 Å². The molecule has 0 rings (SSSR count). The fourth-order valence-corrected chi connectivity index (χ4v) is 0. The Hall–Kier alpha value is 0.624. The van der Waals surface area contributed by atoms with Crippen LogP contribution in [0, 0.1) is 0 Å². The van der Waals surface area contributed by atoms with Crippen molar-refractivity contribution < 1.29 is 42.6 Å². The Labute approximate surface area is 68.7 Å². The van der Waals surface area contributed by atoms with Gasteiger partial charge in [-0.15, -0.1) is 0 Å². The summed E-state index contributed by atoms with van der Waals surface area (Å²) in [6, 6.07) is 0. The summed E-state index contributed by atoms with van der Waals surface area (Å²) in [6.45, 7) is 0. The van der Waals surface area contributed by atoms with Crippen LogP contribution >= 0.6 is 9.90 Å². The van der Waals surface area contributed by atoms with Crippen LogP contribution in [0.4, 0.5) is 13.2 Å². The van der Waals surface area contributed by atoms with E-state index in [-0.39, 0.29) is 26.4 Å². The molecule has 0 aromatic heterocycles. The van der Waals surface area contributed by atoms with Gasteiger partial charge in [-0.1, -0.05) is 0 Å². The predicted octanol–water partition coefficient (Wildman–Crippen LogP) is -0.161. The number of hydrogen-bond acceptors (Lipinski definition) is 3. The quantitative estimate of drug-likeness (QED) is 0.257. The summed E-state index contributed by atoms with van der Waals surface area (Å²) in [4.78, 5) is 0. The zero-order valence-corrected chi connectivity index (χ0v) is 7.58. The molecular formula is CH4F3NiO3PS-. The summed E-state index contributed by atoms with van der Waals surface area (Å²) in [5.74, 6) is 0. The van der Waals surface area contributed by atoms with Gasteiger partial charge in [-0.25, -0.2) is 8.42 Å². The van der Waals surface area contributed by atoms with E-state index in [9.17, 15) is 13.2 Å². The zero-order valence-electron chi connectivity index (χ0n) is 4.31. The summed E-state index contributed by atoms with van der Waals surface area (Å²) in [6.07, 6.45) is 0. The van der Waals surface area contributed by atoms with Gasteiger partial charge >= 0.3 is 22.0 Å². The van der Waals surface area contributed by atoms with Crippen molar-refractivity contribution >= 4 is 20.0 Å². The molecule has 0 amide bonds. The molecule has 0 aromatic carbocycles. The number of halogens is 3. The second kappa shape index (κ2) is 4.49. The Kier molecular flexibility index (Phi) is 7.60. The Balaban J connectivity index is -0.000000245. The average Bonchev–Trinajstić information content (AvgIpc) is 1.25. The van der Waals surface area contributed by atoms with Gasteiger partial charge in [0, 0.05) is 0 Å². The van der Waals surface area contributed by atoms with Crippen LogP contribution < -0.4 is 0 Å². The molecule has 0 N–H and O–H groups in total. The van der Waals surface area contributed by atoms with Crippen molar-refractivity contribution in [3.8, 4) is 0 Å². The van der Waals surface area contributed by atoms with Crippen LogP contribution in [0.3, 0.4) is 0 Å². The third kappa shape index (κ3) is 5.41. The molecule has 0 aliphatic carbocycles. The van der Waals surface area contributed by atoms with Crippen LogP contribution in [-0.2, 0) is 26.6 Å². The van der Waals surface area contributed by atoms with Gasteiger partial charge in [-0.3, -0.25) is 0 Å². The summed E-state index contributed by atoms with van der Waals surface area (Å²) in [5.41, 5.74) is -5.65. The monoisotopic (exact) mass is 242 g/mol. The minimum atomic E-state index is -6.09. The minimum absolute atomic E-state index is 0. The number of rotatable bonds is 0. The maximum absolute atomic E-state index is 10.7. The van der Waals surface area contributed by atoms with Crippen molar-refractivity contribution in [1.82, 2.24) is 0 Å². The molecule has 0 heterocycles. The third-order valence-corrected chi connectivity index (χ3v) is 0.850. The molecule has 1 unspecified atom stereocenters. The van der Waals surface area contributed by atoms with Crippen molar-refractivity contribution in [2.24, 2.45) is 0 Å². The van der Waals surface area contributed by atoms with E-state index in [0.29, 0.717) is 0 Å². The van der Waals surface area contributed by atoms with Crippen molar-refractivity contribution in [2.75, 3.05) is 0 Å². The second-order valence-electron chi connectivity index (χ2n) is 0.900. The normalized spacial score (nSPS) is 11.2. The van der Waals surface area contributed by atoms with Crippen LogP contribution in [0.2, 0.25) is 0 Å². The predicted molar refractivity (Wildman–Crippen MR) is 28.3 cm³/mol. The first-order valence-electron chi connectivity index (χ1n) is 1.27. The van der Waals surface area contributed by atoms with Gasteiger partial charge in [-0.2, -0.15) is 23.1 Å². The van der Waals surface area contributed by atoms with E-state index in [1.165, 1.54) is 0 Å². The Morgan fingerprint density at radius 3 is 1.30 bits per heavy atom. The fourth-order valence-electron chi connectivity index (χ4n) is 0. The van der Waals surface area contributed by atoms with E-state index in [0.717, 1.165) is 0 Å². The molecule has 1 atom stereocenters. The standard InChI is InChI=1S/CHF3O3S.Ni.H3P.H/c2-1(3,4)8(5,6)7;;;/h(H,5,6,7);;1H3;/p-1. The first-order valence-corrected chi connectivity index (χ1v) is 2.68. The Morgan fingerprint density at radius 1 is 1.20 bits per heavy atom. The van der Waals surface area contributed by atoms with E-state index in [4.69, 9.17) is 13.0 Å². The molecule has 0 saturated carbocycles. The molecule has 0 radical (unpaired) electrons. The van der Waals surface area contributed by atoms with Crippen molar-refractivity contribution in [2.45, 2.75) is 5.51 Å². The molecule has 69 valence electrons. The first-order chi connectivity index (χ1) is 3.25. The second-order valence-corrected chi connectivity index (χ2v) is 2.27. The fraction of sp³-hybridized carbons (Fsp3) is 1.00. The molecule has 0 bridgehead atoms. The van der Waals surface area contributed by atoms with Crippen LogP contribution in [-0.4, -0.2) is 18.5 Å². The Bertz CT molecular complexity index is 173. The topological polar surface area (TPSA) is 57.2 Å². The third-order valence-electron chi connectivity index (χ3n) is 0.283. The van der Waals surface area contributed by atoms with E-state index < -0.39 is 15.6 Å². The van der Waals surface area contributed by atoms with Crippen molar-refractivity contribution in [3.63, 3.8) is 0 Å². The molecule has 0 aliphatic rings. The van der Waals surface area contributed by atoms with Gasteiger partial charge in [0.2, 0.25) is 0 Å². The summed E-state index contributed by atoms with van der Waals surface area (Å²) >= 11 is 0. The van der Waals surface area contributed by atoms with Gasteiger partial charge in [0.25, 0.3) is 0 Å². The molecule has 0 aromatic rings. The van der Waals surface area contributed by atoms with E-state index in [1.807, 2.05) is 0 Å². The molecule has 3 nitrogen and oxygen atoms in total. The van der Waals surface area contributed by atoms with Gasteiger partial charge in [-0.05, 0) is 0 Å². The maximum atomic E-state index is 10.7. The van der Waals surface area contributed by atoms with Gasteiger partial charge in [0.15, 0.2) is 10.1 Å². The van der Waals surface area contributed by atoms with Crippen molar-refractivity contribution in [3.05, 3.63) is 0 Å². The Morgan fingerprint density at radius 2 is 1.30 bits per heavy atom. The van der Waals surface area contributed by atoms with Crippen LogP contribution in [0.25, 0.3) is 0 Å². The molecular weight excluding hydrogens is 239 g/mol. The van der Waals surface area contributed by atoms with Crippen molar-refractivity contribution in [1.29, 1.82) is 0 Å². The van der Waals surface area contributed by atoms with Crippen LogP contribution in [0.1, 0.15) is 0 Å². The van der Waals surface area contributed by atoms with E-state index >= 15 is 0 Å². The van der Waals surface area contributed by atoms with Gasteiger partial charge in [0.05, 0.1) is 0 Å². The average molecular weight is 243 g/mol. The SMILES string of the molecule is O=S(=O)([O-])C(F)(F)F.P.[NiH]. The summed E-state index contributed by atoms with van der Waals surface area (Å²) in [7, 11) is -6.09. The number of hydrogen-bond donors (Lipinski definition) is 0. The summed E-state index contributed by atoms with van der Waals surface area (Å²) in [5, 5.41) is 0. The molecule has 9 heteroatoms. The zero-order chi connectivity index (χ0) is 7.00. The van der Waals surface area contributed by atoms with Crippen LogP contribution in [0.5, 0.6) is 0 Å². The van der Waals surface area contributed by atoms with E-state index in [2.05, 4.69) is 0 Å². The van der Waals surface area contributed by atoms with E-state index in [1.54, 1.807) is 0 Å². The molecule has 10 heavy (non-hydrogen) atoms. The molecule has 0 saturated heterocycles.